The number of nitrogens with zero attached hydrogens (tertiary/aromatic N) is 4. The van der Waals surface area contributed by atoms with Crippen LogP contribution < -0.4 is 10.1 Å². The summed E-state index contributed by atoms with van der Waals surface area (Å²) in [7, 11) is 0. The van der Waals surface area contributed by atoms with Crippen molar-refractivity contribution in [2.45, 2.75) is 50.8 Å². The fourth-order valence-electron chi connectivity index (χ4n) is 4.09. The number of aliphatic imine (C=N–C) groups is 1. The van der Waals surface area contributed by atoms with Gasteiger partial charge in [-0.15, -0.1) is 6.58 Å². The Morgan fingerprint density at radius 3 is 2.78 bits per heavy atom. The van der Waals surface area contributed by atoms with Crippen molar-refractivity contribution in [1.82, 2.24) is 5.32 Å². The molecular weight excluding hydrogens is 458 g/mol. The van der Waals surface area contributed by atoms with Crippen molar-refractivity contribution < 1.29 is 19.4 Å². The Morgan fingerprint density at radius 1 is 1.31 bits per heavy atom. The minimum atomic E-state index is -1.27. The second-order valence-electron chi connectivity index (χ2n) is 8.48. The number of benzene rings is 2. The van der Waals surface area contributed by atoms with Gasteiger partial charge in [0.05, 0.1) is 13.2 Å². The van der Waals surface area contributed by atoms with Crippen molar-refractivity contribution in [3.8, 4) is 5.75 Å². The maximum absolute atomic E-state index is 13.7. The van der Waals surface area contributed by atoms with Crippen molar-refractivity contribution in [3.63, 3.8) is 0 Å². The lowest BCUT2D eigenvalue weighted by Gasteiger charge is -2.30. The van der Waals surface area contributed by atoms with Crippen LogP contribution in [0.15, 0.2) is 71.3 Å². The number of azide groups is 1. The molecule has 2 aromatic carbocycles. The predicted octanol–water partition coefficient (Wildman–Crippen LogP) is 5.01. The molecule has 0 spiro atoms. The van der Waals surface area contributed by atoms with Gasteiger partial charge < -0.3 is 19.9 Å². The third-order valence-electron chi connectivity index (χ3n) is 5.94. The molecule has 36 heavy (non-hydrogen) atoms. The molecule has 9 heteroatoms. The highest BCUT2D eigenvalue weighted by Crippen LogP contribution is 2.44. The van der Waals surface area contributed by atoms with Crippen LogP contribution in [0.2, 0.25) is 0 Å². The fourth-order valence-corrected chi connectivity index (χ4v) is 4.09. The molecular formula is C27H33N5O4. The Bertz CT molecular complexity index is 1110. The summed E-state index contributed by atoms with van der Waals surface area (Å²) in [6.07, 6.45) is 3.55. The molecule has 0 aromatic heterocycles. The number of carbonyl (C=O) groups excluding carboxylic acids is 1. The van der Waals surface area contributed by atoms with Crippen LogP contribution in [0.5, 0.6) is 5.75 Å². The van der Waals surface area contributed by atoms with Gasteiger partial charge in [0.2, 0.25) is 5.90 Å². The molecule has 2 N–H and O–H groups in total. The Hall–Kier alpha value is -3.81. The van der Waals surface area contributed by atoms with E-state index in [1.807, 2.05) is 36.4 Å². The summed E-state index contributed by atoms with van der Waals surface area (Å²) >= 11 is 0. The van der Waals surface area contributed by atoms with Crippen molar-refractivity contribution in [1.29, 1.82) is 0 Å². The molecule has 2 atom stereocenters. The molecule has 3 rings (SSSR count). The van der Waals surface area contributed by atoms with E-state index in [1.54, 1.807) is 18.2 Å². The van der Waals surface area contributed by atoms with Crippen LogP contribution in [0.4, 0.5) is 0 Å². The smallest absolute Gasteiger partial charge is 0.252 e. The van der Waals surface area contributed by atoms with E-state index < -0.39 is 11.6 Å². The largest absolute Gasteiger partial charge is 0.494 e. The van der Waals surface area contributed by atoms with Gasteiger partial charge in [-0.2, -0.15) is 0 Å². The molecule has 0 aliphatic carbocycles. The Labute approximate surface area is 211 Å². The first-order valence-electron chi connectivity index (χ1n) is 12.2. The Kier molecular flexibility index (Phi) is 9.92. The van der Waals surface area contributed by atoms with Gasteiger partial charge in [0, 0.05) is 36.5 Å². The highest BCUT2D eigenvalue weighted by molar-refractivity contribution is 6.01. The quantitative estimate of drug-likeness (QED) is 0.127. The number of unbranched alkanes of at least 4 members (excludes halogenated alkanes) is 1. The van der Waals surface area contributed by atoms with Gasteiger partial charge in [0.25, 0.3) is 5.91 Å². The van der Waals surface area contributed by atoms with E-state index >= 15 is 0 Å². The number of nitrogens with one attached hydrogen (secondary N) is 1. The van der Waals surface area contributed by atoms with E-state index in [-0.39, 0.29) is 25.5 Å². The van der Waals surface area contributed by atoms with Crippen LogP contribution in [0, 0.1) is 0 Å². The van der Waals surface area contributed by atoms with Gasteiger partial charge >= 0.3 is 0 Å². The molecule has 2 aromatic rings. The summed E-state index contributed by atoms with van der Waals surface area (Å²) < 4.78 is 12.0. The lowest BCUT2D eigenvalue weighted by Crippen LogP contribution is -2.48. The highest BCUT2D eigenvalue weighted by atomic mass is 16.5. The molecule has 0 unspecified atom stereocenters. The van der Waals surface area contributed by atoms with E-state index in [4.69, 9.17) is 25.1 Å². The predicted molar refractivity (Wildman–Crippen MR) is 139 cm³/mol. The molecule has 0 bridgehead atoms. The summed E-state index contributed by atoms with van der Waals surface area (Å²) in [5.74, 6) is 0.767. The average Bonchev–Trinajstić information content (AvgIpc) is 3.29. The number of hydrogen-bond acceptors (Lipinski definition) is 6. The molecule has 0 saturated heterocycles. The minimum absolute atomic E-state index is 0.0664. The first-order chi connectivity index (χ1) is 17.6. The molecule has 1 aliphatic rings. The van der Waals surface area contributed by atoms with Crippen LogP contribution in [0.3, 0.4) is 0 Å². The van der Waals surface area contributed by atoms with Gasteiger partial charge in [-0.1, -0.05) is 48.8 Å². The van der Waals surface area contributed by atoms with E-state index in [9.17, 15) is 4.79 Å². The first-order valence-corrected chi connectivity index (χ1v) is 12.2. The first kappa shape index (κ1) is 26.8. The zero-order valence-corrected chi connectivity index (χ0v) is 20.6. The van der Waals surface area contributed by atoms with Crippen LogP contribution in [-0.4, -0.2) is 42.2 Å². The minimum Gasteiger partial charge on any atom is -0.494 e. The number of amides is 1. The summed E-state index contributed by atoms with van der Waals surface area (Å²) in [6.45, 7) is 7.09. The van der Waals surface area contributed by atoms with E-state index in [2.05, 4.69) is 28.8 Å². The molecule has 190 valence electrons. The normalized spacial score (nSPS) is 18.5. The van der Waals surface area contributed by atoms with Crippen LogP contribution in [0.1, 0.15) is 55.4 Å². The number of rotatable bonds is 14. The average molecular weight is 492 g/mol. The third-order valence-corrected chi connectivity index (χ3v) is 5.94. The van der Waals surface area contributed by atoms with E-state index in [0.717, 1.165) is 24.0 Å². The van der Waals surface area contributed by atoms with Crippen molar-refractivity contribution in [2.24, 2.45) is 10.1 Å². The Morgan fingerprint density at radius 2 is 2.08 bits per heavy atom. The maximum atomic E-state index is 13.7. The molecule has 9 nitrogen and oxygen atoms in total. The van der Waals surface area contributed by atoms with Crippen molar-refractivity contribution in [3.05, 3.63) is 88.3 Å². The highest BCUT2D eigenvalue weighted by Gasteiger charge is 2.52. The summed E-state index contributed by atoms with van der Waals surface area (Å²) in [6, 6.07) is 14.7. The van der Waals surface area contributed by atoms with Crippen molar-refractivity contribution >= 4 is 11.8 Å². The van der Waals surface area contributed by atoms with Gasteiger partial charge in [-0.05, 0) is 47.3 Å². The number of aliphatic hydroxyl groups is 1. The van der Waals surface area contributed by atoms with Gasteiger partial charge in [-0.3, -0.25) is 4.79 Å². The molecule has 0 saturated carbocycles. The number of carbonyl (C=O) groups is 1. The molecule has 1 heterocycles. The summed E-state index contributed by atoms with van der Waals surface area (Å²) in [5, 5.41) is 15.7. The van der Waals surface area contributed by atoms with Gasteiger partial charge in [-0.25, -0.2) is 4.99 Å². The fraction of sp³-hybridized carbons (Fsp3) is 0.407. The van der Waals surface area contributed by atoms with Crippen LogP contribution in [0.25, 0.3) is 10.4 Å². The second-order valence-corrected chi connectivity index (χ2v) is 8.48. The van der Waals surface area contributed by atoms with Crippen molar-refractivity contribution in [2.75, 3.05) is 19.8 Å². The van der Waals surface area contributed by atoms with Gasteiger partial charge in [0.1, 0.15) is 5.75 Å². The number of ether oxygens (including phenoxy) is 2. The standard InChI is InChI=1S/C27H33N5O4/c1-3-5-16-29-26(34)27(15-4-2)24(23-10-7-6-9-21(23)19-30-32-28)36-25(31-27)20-11-13-22(14-12-20)35-18-8-17-33/h4,6-7,9-14,24,33H,2-3,5,8,15-19H2,1H3,(H,29,34)/t24-,27-/m1/s1. The van der Waals surface area contributed by atoms with Gasteiger partial charge in [0.15, 0.2) is 11.6 Å². The molecule has 1 aliphatic heterocycles. The molecule has 1 amide bonds. The zero-order valence-electron chi connectivity index (χ0n) is 20.6. The second kappa shape index (κ2) is 13.3. The topological polar surface area (TPSA) is 129 Å². The Balaban J connectivity index is 2.02. The van der Waals surface area contributed by atoms with Crippen LogP contribution >= 0.6 is 0 Å². The summed E-state index contributed by atoms with van der Waals surface area (Å²) in [4.78, 5) is 21.4. The van der Waals surface area contributed by atoms with E-state index in [0.29, 0.717) is 36.8 Å². The van der Waals surface area contributed by atoms with E-state index in [1.165, 1.54) is 0 Å². The molecule has 0 radical (unpaired) electrons. The number of aliphatic hydroxyl groups excluding tert-OH is 1. The number of hydrogen-bond donors (Lipinski definition) is 2. The SMILES string of the molecule is C=CC[C@@]1(C(=O)NCCCC)N=C(c2ccc(OCCCO)cc2)O[C@@H]1c1ccccc1CN=[N+]=[N-]. The zero-order chi connectivity index (χ0) is 25.8. The molecule has 0 fully saturated rings. The maximum Gasteiger partial charge on any atom is 0.252 e. The lowest BCUT2D eigenvalue weighted by molar-refractivity contribution is -0.128. The third kappa shape index (κ3) is 6.24. The monoisotopic (exact) mass is 491 g/mol. The summed E-state index contributed by atoms with van der Waals surface area (Å²) in [5.41, 5.74) is 9.80. The van der Waals surface area contributed by atoms with Crippen LogP contribution in [-0.2, 0) is 16.1 Å². The lowest BCUT2D eigenvalue weighted by atomic mass is 9.82.